The van der Waals surface area contributed by atoms with Gasteiger partial charge in [-0.15, -0.1) is 0 Å². The number of hydrogen-bond donors (Lipinski definition) is 0. The van der Waals surface area contributed by atoms with Crippen molar-refractivity contribution in [1.82, 2.24) is 0 Å². The Balaban J connectivity index is 2.37. The van der Waals surface area contributed by atoms with E-state index in [0.717, 1.165) is 66.1 Å². The molecule has 0 amide bonds. The maximum Gasteiger partial charge on any atom is 0.136 e. The second-order valence-electron chi connectivity index (χ2n) is 7.37. The summed E-state index contributed by atoms with van der Waals surface area (Å²) in [6, 6.07) is 12.5. The lowest BCUT2D eigenvalue weighted by Gasteiger charge is -2.21. The zero-order valence-electron chi connectivity index (χ0n) is 18.2. The first-order chi connectivity index (χ1) is 15.1. The Hall–Kier alpha value is -3.84. The highest BCUT2D eigenvalue weighted by atomic mass is 16.3. The van der Waals surface area contributed by atoms with Gasteiger partial charge < -0.3 is 4.42 Å². The quantitative estimate of drug-likeness (QED) is 0.293. The fourth-order valence-electron chi connectivity index (χ4n) is 4.52. The molecule has 4 rings (SSSR count). The van der Waals surface area contributed by atoms with Crippen LogP contribution in [0.1, 0.15) is 36.1 Å². The molecule has 0 saturated heterocycles. The highest BCUT2D eigenvalue weighted by Gasteiger charge is 2.21. The molecule has 0 unspecified atom stereocenters. The smallest absolute Gasteiger partial charge is 0.136 e. The van der Waals surface area contributed by atoms with E-state index in [1.165, 1.54) is 0 Å². The van der Waals surface area contributed by atoms with Gasteiger partial charge in [-0.2, -0.15) is 0 Å². The van der Waals surface area contributed by atoms with E-state index < -0.39 is 0 Å². The Kier molecular flexibility index (Phi) is 5.35. The summed E-state index contributed by atoms with van der Waals surface area (Å²) in [6.07, 6.45) is 11.8. The van der Waals surface area contributed by atoms with E-state index in [9.17, 15) is 0 Å². The van der Waals surface area contributed by atoms with Gasteiger partial charge in [-0.25, -0.2) is 0 Å². The van der Waals surface area contributed by atoms with Crippen molar-refractivity contribution in [3.8, 4) is 0 Å². The lowest BCUT2D eigenvalue weighted by molar-refractivity contribution is 0.669. The predicted molar refractivity (Wildman–Crippen MR) is 139 cm³/mol. The summed E-state index contributed by atoms with van der Waals surface area (Å²) in [5, 5.41) is 4.42. The standard InChI is InChI=1S/C30H26O/c1-7-19(8-2)29-21(11-5)22(12-6)30(20(9-3)10-4)26-18-28-24(17-25(26)29)23-15-13-14-16-27(23)31-28/h7-18H,1,3,5-6H2,2,4H3/b19-8+,20-10+. The van der Waals surface area contributed by atoms with Crippen LogP contribution in [0.15, 0.2) is 91.4 Å². The molecule has 0 saturated carbocycles. The predicted octanol–water partition coefficient (Wildman–Crippen LogP) is 9.20. The van der Waals surface area contributed by atoms with Crippen molar-refractivity contribution in [3.63, 3.8) is 0 Å². The van der Waals surface area contributed by atoms with E-state index in [4.69, 9.17) is 4.42 Å². The Morgan fingerprint density at radius 2 is 1.23 bits per heavy atom. The Labute approximate surface area is 183 Å². The summed E-state index contributed by atoms with van der Waals surface area (Å²) < 4.78 is 6.22. The Bertz CT molecular complexity index is 1450. The van der Waals surface area contributed by atoms with Crippen molar-refractivity contribution >= 4 is 56.0 Å². The van der Waals surface area contributed by atoms with Gasteiger partial charge in [-0.05, 0) is 76.2 Å². The molecule has 0 aliphatic heterocycles. The topological polar surface area (TPSA) is 13.1 Å². The number of hydrogen-bond acceptors (Lipinski definition) is 1. The molecule has 0 aliphatic carbocycles. The molecular weight excluding hydrogens is 376 g/mol. The number of rotatable bonds is 6. The van der Waals surface area contributed by atoms with Crippen LogP contribution < -0.4 is 0 Å². The zero-order valence-corrected chi connectivity index (χ0v) is 18.2. The van der Waals surface area contributed by atoms with E-state index in [1.54, 1.807) is 0 Å². The maximum absolute atomic E-state index is 6.22. The SMILES string of the molecule is C=C/C(=C\C)c1c(C=C)c(C=C)c(/C(C=C)=C/C)c2cc3c(cc12)oc1ccccc13. The van der Waals surface area contributed by atoms with Crippen LogP contribution in [0.5, 0.6) is 0 Å². The summed E-state index contributed by atoms with van der Waals surface area (Å²) in [5.41, 5.74) is 8.11. The molecule has 0 spiro atoms. The monoisotopic (exact) mass is 402 g/mol. The number of benzene rings is 3. The van der Waals surface area contributed by atoms with Crippen LogP contribution in [0, 0.1) is 0 Å². The first-order valence-electron chi connectivity index (χ1n) is 10.4. The van der Waals surface area contributed by atoms with Gasteiger partial charge in [0.15, 0.2) is 0 Å². The third-order valence-corrected chi connectivity index (χ3v) is 5.93. The average molecular weight is 403 g/mol. The minimum atomic E-state index is 0.863. The third-order valence-electron chi connectivity index (χ3n) is 5.93. The third kappa shape index (κ3) is 3.02. The van der Waals surface area contributed by atoms with Gasteiger partial charge in [-0.3, -0.25) is 0 Å². The average Bonchev–Trinajstić information content (AvgIpc) is 3.17. The molecule has 0 fully saturated rings. The van der Waals surface area contributed by atoms with Crippen molar-refractivity contribution in [2.75, 3.05) is 0 Å². The summed E-state index contributed by atoms with van der Waals surface area (Å²) in [7, 11) is 0. The van der Waals surface area contributed by atoms with Crippen LogP contribution in [-0.4, -0.2) is 0 Å². The molecule has 0 aliphatic rings. The number of furan rings is 1. The fraction of sp³-hybridized carbons (Fsp3) is 0.0667. The zero-order chi connectivity index (χ0) is 22.1. The van der Waals surface area contributed by atoms with Crippen LogP contribution in [0.2, 0.25) is 0 Å². The Morgan fingerprint density at radius 1 is 0.677 bits per heavy atom. The normalized spacial score (nSPS) is 12.5. The summed E-state index contributed by atoms with van der Waals surface area (Å²) in [5.74, 6) is 0. The van der Waals surface area contributed by atoms with Gasteiger partial charge >= 0.3 is 0 Å². The second-order valence-corrected chi connectivity index (χ2v) is 7.37. The molecule has 4 aromatic rings. The van der Waals surface area contributed by atoms with Crippen molar-refractivity contribution in [2.45, 2.75) is 13.8 Å². The van der Waals surface area contributed by atoms with Gasteiger partial charge in [0.2, 0.25) is 0 Å². The van der Waals surface area contributed by atoms with E-state index in [1.807, 2.05) is 56.4 Å². The van der Waals surface area contributed by atoms with Crippen LogP contribution in [-0.2, 0) is 0 Å². The summed E-state index contributed by atoms with van der Waals surface area (Å²) in [6.45, 7) is 20.4. The molecule has 0 atom stereocenters. The molecule has 1 nitrogen and oxygen atoms in total. The molecule has 0 radical (unpaired) electrons. The minimum absolute atomic E-state index is 0.863. The van der Waals surface area contributed by atoms with Gasteiger partial charge in [-0.1, -0.05) is 81.0 Å². The summed E-state index contributed by atoms with van der Waals surface area (Å²) in [4.78, 5) is 0. The van der Waals surface area contributed by atoms with Crippen LogP contribution in [0.4, 0.5) is 0 Å². The molecule has 3 aromatic carbocycles. The van der Waals surface area contributed by atoms with Gasteiger partial charge in [0.25, 0.3) is 0 Å². The molecule has 31 heavy (non-hydrogen) atoms. The number of allylic oxidation sites excluding steroid dienone is 6. The molecule has 1 aromatic heterocycles. The second kappa shape index (κ2) is 8.12. The van der Waals surface area contributed by atoms with Crippen LogP contribution in [0.25, 0.3) is 56.0 Å². The van der Waals surface area contributed by atoms with Crippen molar-refractivity contribution < 1.29 is 4.42 Å². The first kappa shape index (κ1) is 20.4. The van der Waals surface area contributed by atoms with Crippen molar-refractivity contribution in [3.05, 3.63) is 109 Å². The van der Waals surface area contributed by atoms with Crippen LogP contribution >= 0.6 is 0 Å². The highest BCUT2D eigenvalue weighted by Crippen LogP contribution is 2.43. The van der Waals surface area contributed by atoms with Gasteiger partial charge in [0.05, 0.1) is 0 Å². The summed E-state index contributed by atoms with van der Waals surface area (Å²) >= 11 is 0. The minimum Gasteiger partial charge on any atom is -0.456 e. The largest absolute Gasteiger partial charge is 0.456 e. The molecule has 1 heterocycles. The van der Waals surface area contributed by atoms with Gasteiger partial charge in [0, 0.05) is 10.8 Å². The van der Waals surface area contributed by atoms with Crippen LogP contribution in [0.3, 0.4) is 0 Å². The molecule has 0 bridgehead atoms. The van der Waals surface area contributed by atoms with E-state index >= 15 is 0 Å². The first-order valence-corrected chi connectivity index (χ1v) is 10.4. The van der Waals surface area contributed by atoms with Gasteiger partial charge in [0.1, 0.15) is 11.2 Å². The number of fused-ring (bicyclic) bond motifs is 4. The molecule has 152 valence electrons. The number of para-hydroxylation sites is 1. The molecule has 0 N–H and O–H groups in total. The fourth-order valence-corrected chi connectivity index (χ4v) is 4.52. The molecular formula is C30H26O. The lowest BCUT2D eigenvalue weighted by atomic mass is 9.82. The van der Waals surface area contributed by atoms with E-state index in [-0.39, 0.29) is 0 Å². The van der Waals surface area contributed by atoms with Crippen molar-refractivity contribution in [2.24, 2.45) is 0 Å². The highest BCUT2D eigenvalue weighted by molar-refractivity contribution is 6.16. The lowest BCUT2D eigenvalue weighted by Crippen LogP contribution is -2.00. The Morgan fingerprint density at radius 3 is 1.74 bits per heavy atom. The van der Waals surface area contributed by atoms with Crippen molar-refractivity contribution in [1.29, 1.82) is 0 Å². The maximum atomic E-state index is 6.22. The van der Waals surface area contributed by atoms with E-state index in [0.29, 0.717) is 0 Å². The van der Waals surface area contributed by atoms with E-state index in [2.05, 4.69) is 56.7 Å². The molecule has 1 heteroatoms.